The Balaban J connectivity index is 1.64. The van der Waals surface area contributed by atoms with Crippen LogP contribution in [0.2, 0.25) is 5.02 Å². The van der Waals surface area contributed by atoms with Crippen LogP contribution in [0.15, 0.2) is 78.0 Å². The molecule has 1 heterocycles. The molecule has 0 aliphatic rings. The molecule has 0 unspecified atom stereocenters. The van der Waals surface area contributed by atoms with E-state index < -0.39 is 10.0 Å². The van der Waals surface area contributed by atoms with Crippen LogP contribution >= 0.6 is 11.6 Å². The van der Waals surface area contributed by atoms with E-state index in [2.05, 4.69) is 20.0 Å². The van der Waals surface area contributed by atoms with Crippen LogP contribution in [0.3, 0.4) is 0 Å². The second kappa shape index (κ2) is 8.64. The van der Waals surface area contributed by atoms with Gasteiger partial charge < -0.3 is 5.32 Å². The van der Waals surface area contributed by atoms with Crippen LogP contribution in [0, 0.1) is 0 Å². The van der Waals surface area contributed by atoms with Crippen LogP contribution in [0.1, 0.15) is 5.56 Å². The summed E-state index contributed by atoms with van der Waals surface area (Å²) in [5, 5.41) is 3.23. The molecule has 0 bridgehead atoms. The zero-order valence-electron chi connectivity index (χ0n) is 14.4. The summed E-state index contributed by atoms with van der Waals surface area (Å²) >= 11 is 5.90. The van der Waals surface area contributed by atoms with Gasteiger partial charge >= 0.3 is 0 Å². The molecule has 142 valence electrons. The molecule has 0 aliphatic heterocycles. The number of aromatic nitrogens is 2. The zero-order chi connectivity index (χ0) is 20.0. The molecular weight excluding hydrogens is 400 g/mol. The van der Waals surface area contributed by atoms with Crippen molar-refractivity contribution >= 4 is 45.2 Å². The number of carbonyl (C=O) groups excluding carboxylic acids is 1. The van der Waals surface area contributed by atoms with Gasteiger partial charge in [0.25, 0.3) is 10.0 Å². The molecule has 9 heteroatoms. The van der Waals surface area contributed by atoms with E-state index in [0.29, 0.717) is 10.7 Å². The lowest BCUT2D eigenvalue weighted by molar-refractivity contribution is -0.111. The third-order valence-electron chi connectivity index (χ3n) is 3.50. The highest BCUT2D eigenvalue weighted by molar-refractivity contribution is 7.92. The molecule has 0 fully saturated rings. The van der Waals surface area contributed by atoms with Gasteiger partial charge in [-0.3, -0.25) is 4.79 Å². The lowest BCUT2D eigenvalue weighted by Crippen LogP contribution is -2.15. The van der Waals surface area contributed by atoms with Crippen molar-refractivity contribution in [1.82, 2.24) is 9.97 Å². The van der Waals surface area contributed by atoms with E-state index in [0.717, 1.165) is 5.56 Å². The highest BCUT2D eigenvalue weighted by Crippen LogP contribution is 2.17. The zero-order valence-corrected chi connectivity index (χ0v) is 16.0. The molecule has 1 aromatic heterocycles. The second-order valence-electron chi connectivity index (χ2n) is 5.58. The summed E-state index contributed by atoms with van der Waals surface area (Å²) in [6.07, 6.45) is 5.86. The number of rotatable bonds is 6. The van der Waals surface area contributed by atoms with Gasteiger partial charge in [-0.1, -0.05) is 23.7 Å². The van der Waals surface area contributed by atoms with E-state index in [-0.39, 0.29) is 16.8 Å². The van der Waals surface area contributed by atoms with Gasteiger partial charge in [-0.25, -0.2) is 23.1 Å². The fourth-order valence-corrected chi connectivity index (χ4v) is 3.37. The summed E-state index contributed by atoms with van der Waals surface area (Å²) in [7, 11) is -3.82. The Morgan fingerprint density at radius 2 is 1.71 bits per heavy atom. The standard InChI is InChI=1S/C19H15ClN4O3S/c20-15-4-1-3-14(13-15)5-10-18(25)23-16-6-8-17(9-7-16)28(26,27)24-19-21-11-2-12-22-19/h1-13H,(H,23,25)(H,21,22,24)/b10-5+. The normalized spacial score (nSPS) is 11.3. The summed E-state index contributed by atoms with van der Waals surface area (Å²) in [5.41, 5.74) is 1.24. The maximum Gasteiger partial charge on any atom is 0.264 e. The molecule has 3 aromatic rings. The van der Waals surface area contributed by atoms with Gasteiger partial charge in [0.1, 0.15) is 0 Å². The van der Waals surface area contributed by atoms with E-state index in [1.165, 1.54) is 42.7 Å². The molecule has 0 saturated carbocycles. The molecule has 2 aromatic carbocycles. The highest BCUT2D eigenvalue weighted by atomic mass is 35.5. The van der Waals surface area contributed by atoms with Crippen LogP contribution in [0.25, 0.3) is 6.08 Å². The first kappa shape index (κ1) is 19.5. The third kappa shape index (κ3) is 5.38. The SMILES string of the molecule is O=C(/C=C/c1cccc(Cl)c1)Nc1ccc(S(=O)(=O)Nc2ncccn2)cc1. The van der Waals surface area contributed by atoms with Crippen LogP contribution in [-0.4, -0.2) is 24.3 Å². The quantitative estimate of drug-likeness (QED) is 0.600. The van der Waals surface area contributed by atoms with Crippen molar-refractivity contribution in [2.75, 3.05) is 10.0 Å². The molecule has 2 N–H and O–H groups in total. The number of benzene rings is 2. The van der Waals surface area contributed by atoms with Gasteiger partial charge in [0.2, 0.25) is 11.9 Å². The Kier molecular flexibility index (Phi) is 6.03. The van der Waals surface area contributed by atoms with Crippen molar-refractivity contribution in [3.63, 3.8) is 0 Å². The number of hydrogen-bond donors (Lipinski definition) is 2. The Bertz CT molecular complexity index is 1100. The predicted molar refractivity (Wildman–Crippen MR) is 108 cm³/mol. The Labute approximate surface area is 167 Å². The van der Waals surface area contributed by atoms with Gasteiger partial charge in [0.15, 0.2) is 0 Å². The summed E-state index contributed by atoms with van der Waals surface area (Å²) in [6, 6.07) is 14.4. The summed E-state index contributed by atoms with van der Waals surface area (Å²) < 4.78 is 26.9. The Morgan fingerprint density at radius 3 is 2.39 bits per heavy atom. The lowest BCUT2D eigenvalue weighted by Gasteiger charge is -2.07. The fraction of sp³-hybridized carbons (Fsp3) is 0. The maximum atomic E-state index is 12.3. The molecule has 0 saturated heterocycles. The van der Waals surface area contributed by atoms with E-state index in [1.807, 2.05) is 6.07 Å². The van der Waals surface area contributed by atoms with Crippen molar-refractivity contribution in [3.8, 4) is 0 Å². The van der Waals surface area contributed by atoms with Crippen LogP contribution in [0.4, 0.5) is 11.6 Å². The van der Waals surface area contributed by atoms with E-state index >= 15 is 0 Å². The molecule has 0 radical (unpaired) electrons. The number of hydrogen-bond acceptors (Lipinski definition) is 5. The van der Waals surface area contributed by atoms with Gasteiger partial charge in [-0.05, 0) is 54.1 Å². The number of amides is 1. The minimum Gasteiger partial charge on any atom is -0.323 e. The molecule has 0 atom stereocenters. The fourth-order valence-electron chi connectivity index (χ4n) is 2.21. The third-order valence-corrected chi connectivity index (χ3v) is 5.08. The highest BCUT2D eigenvalue weighted by Gasteiger charge is 2.15. The predicted octanol–water partition coefficient (Wildman–Crippen LogP) is 3.58. The monoisotopic (exact) mass is 414 g/mol. The maximum absolute atomic E-state index is 12.3. The van der Waals surface area contributed by atoms with Crippen LogP contribution in [-0.2, 0) is 14.8 Å². The van der Waals surface area contributed by atoms with Crippen molar-refractivity contribution in [3.05, 3.63) is 83.7 Å². The van der Waals surface area contributed by atoms with Crippen molar-refractivity contribution in [1.29, 1.82) is 0 Å². The number of anilines is 2. The average molecular weight is 415 g/mol. The van der Waals surface area contributed by atoms with E-state index in [1.54, 1.807) is 30.3 Å². The van der Waals surface area contributed by atoms with Gasteiger partial charge in [0, 0.05) is 29.2 Å². The van der Waals surface area contributed by atoms with Gasteiger partial charge in [-0.15, -0.1) is 0 Å². The molecule has 3 rings (SSSR count). The second-order valence-corrected chi connectivity index (χ2v) is 7.70. The minimum atomic E-state index is -3.82. The van der Waals surface area contributed by atoms with Crippen molar-refractivity contribution in [2.45, 2.75) is 4.90 Å². The Hall–Kier alpha value is -3.23. The van der Waals surface area contributed by atoms with Gasteiger partial charge in [-0.2, -0.15) is 0 Å². The molecule has 7 nitrogen and oxygen atoms in total. The number of nitrogens with zero attached hydrogens (tertiary/aromatic N) is 2. The first-order chi connectivity index (χ1) is 13.4. The number of sulfonamides is 1. The smallest absolute Gasteiger partial charge is 0.264 e. The average Bonchev–Trinajstić information content (AvgIpc) is 2.67. The number of nitrogens with one attached hydrogen (secondary N) is 2. The lowest BCUT2D eigenvalue weighted by atomic mass is 10.2. The first-order valence-electron chi connectivity index (χ1n) is 8.07. The largest absolute Gasteiger partial charge is 0.323 e. The molecular formula is C19H15ClN4O3S. The van der Waals surface area contributed by atoms with Crippen LogP contribution in [0.5, 0.6) is 0 Å². The molecule has 0 aliphatic carbocycles. The summed E-state index contributed by atoms with van der Waals surface area (Å²) in [5.74, 6) is -0.377. The summed E-state index contributed by atoms with van der Waals surface area (Å²) in [6.45, 7) is 0. The molecule has 0 spiro atoms. The number of carbonyl (C=O) groups is 1. The topological polar surface area (TPSA) is 101 Å². The Morgan fingerprint density at radius 1 is 1.00 bits per heavy atom. The first-order valence-corrected chi connectivity index (χ1v) is 9.93. The van der Waals surface area contributed by atoms with Crippen LogP contribution < -0.4 is 10.0 Å². The van der Waals surface area contributed by atoms with E-state index in [4.69, 9.17) is 11.6 Å². The molecule has 1 amide bonds. The van der Waals surface area contributed by atoms with Crippen molar-refractivity contribution in [2.24, 2.45) is 0 Å². The number of halogens is 1. The molecule has 28 heavy (non-hydrogen) atoms. The van der Waals surface area contributed by atoms with Crippen molar-refractivity contribution < 1.29 is 13.2 Å². The van der Waals surface area contributed by atoms with Gasteiger partial charge in [0.05, 0.1) is 4.90 Å². The minimum absolute atomic E-state index is 0.0208. The summed E-state index contributed by atoms with van der Waals surface area (Å²) in [4.78, 5) is 19.7. The van der Waals surface area contributed by atoms with E-state index in [9.17, 15) is 13.2 Å².